The maximum atomic E-state index is 13.5. The second-order valence-corrected chi connectivity index (χ2v) is 20.4. The molecule has 4 N–H and O–H groups in total. The Morgan fingerprint density at radius 1 is 0.566 bits per heavy atom. The third-order valence-electron chi connectivity index (χ3n) is 14.2. The highest BCUT2D eigenvalue weighted by Crippen LogP contribution is 2.41. The number of amides is 2. The Morgan fingerprint density at radius 3 is 1.49 bits per heavy atom. The molecule has 18 nitrogen and oxygen atoms in total. The van der Waals surface area contributed by atoms with Gasteiger partial charge in [0.1, 0.15) is 11.4 Å². The third kappa shape index (κ3) is 9.39. The van der Waals surface area contributed by atoms with E-state index < -0.39 is 18.3 Å². The van der Waals surface area contributed by atoms with Gasteiger partial charge in [-0.3, -0.25) is 19.2 Å². The molecule has 8 aromatic rings. The van der Waals surface area contributed by atoms with E-state index in [4.69, 9.17) is 39.7 Å². The van der Waals surface area contributed by atoms with Gasteiger partial charge in [0.2, 0.25) is 25.5 Å². The van der Waals surface area contributed by atoms with E-state index in [9.17, 15) is 19.2 Å². The molecule has 76 heavy (non-hydrogen) atoms. The number of rotatable bonds is 6. The molecule has 5 aliphatic heterocycles. The fourth-order valence-corrected chi connectivity index (χ4v) is 9.93. The van der Waals surface area contributed by atoms with Crippen molar-refractivity contribution in [1.82, 2.24) is 29.7 Å². The Morgan fingerprint density at radius 2 is 1.00 bits per heavy atom. The van der Waals surface area contributed by atoms with Crippen LogP contribution in [0.4, 0.5) is 11.9 Å². The van der Waals surface area contributed by atoms with E-state index in [0.717, 1.165) is 50.3 Å². The summed E-state index contributed by atoms with van der Waals surface area (Å²) in [5.41, 5.74) is 20.5. The predicted octanol–water partition coefficient (Wildman–Crippen LogP) is 8.23. The number of fused-ring (bicyclic) bond motifs is 6. The first-order valence-electron chi connectivity index (χ1n) is 24.2. The predicted molar refractivity (Wildman–Crippen MR) is 286 cm³/mol. The number of hydrogen-bond acceptors (Lipinski definition) is 16. The Bertz CT molecular complexity index is 3640. The largest absolute Gasteiger partial charge is 0.494 e. The number of ether oxygens (including phenoxy) is 4. The normalized spacial score (nSPS) is 15.9. The van der Waals surface area contributed by atoms with Crippen LogP contribution in [0.15, 0.2) is 114 Å². The van der Waals surface area contributed by atoms with Crippen LogP contribution in [-0.4, -0.2) is 86.0 Å². The van der Waals surface area contributed by atoms with Crippen LogP contribution in [0.25, 0.3) is 32.9 Å². The van der Waals surface area contributed by atoms with Crippen LogP contribution in [0, 0.1) is 0 Å². The smallest absolute Gasteiger partial charge is 0.454 e. The molecule has 13 rings (SSSR count). The molecule has 0 spiro atoms. The minimum Gasteiger partial charge on any atom is -0.454 e. The summed E-state index contributed by atoms with van der Waals surface area (Å²) in [6.45, 7) is 10.5. The fourth-order valence-electron chi connectivity index (χ4n) is 9.51. The molecule has 382 valence electrons. The van der Waals surface area contributed by atoms with Crippen molar-refractivity contribution in [3.05, 3.63) is 158 Å². The molecular formula is C56H48BBrN8O10. The maximum Gasteiger partial charge on any atom is 0.494 e. The van der Waals surface area contributed by atoms with Gasteiger partial charge in [0, 0.05) is 52.6 Å². The standard InChI is InChI=1S/C25H18N4O4.C23H25BN4O3.C8H5BrO3/c26-25-27-20-6-5-14(18-9-22-21(32-13-33-22)8-17(18)12-30)7-19(20)23(28-25)24(31)29-10-15-3-1-2-4-16(15)11-29;1-22(2)23(3,4)31-24(30-22)16-9-10-18-17(11-16)19(27-21(25)26-18)20(29)28-12-14-7-5-6-8-15(14)13-28;9-6-2-8-7(11-4-12-8)1-5(6)3-10/h1-9,12H,10-11,13H2,(H2,26,27,28);5-11H,12-13H2,1-4H3,(H2,25,26,27);1-3H,4H2. The van der Waals surface area contributed by atoms with Crippen LogP contribution in [0.3, 0.4) is 0 Å². The van der Waals surface area contributed by atoms with E-state index >= 15 is 0 Å². The number of nitrogen functional groups attached to an aromatic ring is 2. The summed E-state index contributed by atoms with van der Waals surface area (Å²) in [4.78, 5) is 70.0. The number of aldehydes is 2. The Hall–Kier alpha value is -8.46. The molecule has 0 unspecified atom stereocenters. The van der Waals surface area contributed by atoms with E-state index in [1.807, 2.05) is 107 Å². The number of anilines is 2. The first-order chi connectivity index (χ1) is 36.6. The Kier molecular flexibility index (Phi) is 12.9. The molecule has 6 aromatic carbocycles. The van der Waals surface area contributed by atoms with Gasteiger partial charge in [0.25, 0.3) is 11.8 Å². The SMILES string of the molecule is CC1(C)OB(c2ccc3nc(N)nc(C(=O)N4Cc5ccccc5C4)c3c2)OC1(C)C.Nc1nc(C(=O)N2Cc3ccccc3C2)c2cc(-c3cc4c(cc3C=O)OCO4)ccc2n1.O=Cc1cc2c(cc1Br)OCO2. The van der Waals surface area contributed by atoms with Crippen molar-refractivity contribution >= 4 is 86.6 Å². The number of benzene rings is 6. The molecule has 2 amide bonds. The van der Waals surface area contributed by atoms with Crippen LogP contribution in [0.1, 0.15) is 91.6 Å². The van der Waals surface area contributed by atoms with Crippen molar-refractivity contribution in [2.75, 3.05) is 25.1 Å². The lowest BCUT2D eigenvalue weighted by Crippen LogP contribution is -2.41. The third-order valence-corrected chi connectivity index (χ3v) is 14.9. The summed E-state index contributed by atoms with van der Waals surface area (Å²) in [6, 6.07) is 33.9. The summed E-state index contributed by atoms with van der Waals surface area (Å²) in [6.07, 6.45) is 1.54. The molecule has 0 atom stereocenters. The van der Waals surface area contributed by atoms with E-state index in [-0.39, 0.29) is 43.0 Å². The highest BCUT2D eigenvalue weighted by atomic mass is 79.9. The van der Waals surface area contributed by atoms with Gasteiger partial charge >= 0.3 is 7.12 Å². The zero-order valence-corrected chi connectivity index (χ0v) is 43.3. The molecule has 5 aliphatic rings. The number of carbonyl (C=O) groups is 4. The van der Waals surface area contributed by atoms with Crippen molar-refractivity contribution in [2.45, 2.75) is 65.1 Å². The second-order valence-electron chi connectivity index (χ2n) is 19.6. The summed E-state index contributed by atoms with van der Waals surface area (Å²) in [5.74, 6) is 2.12. The average Bonchev–Trinajstić information content (AvgIpc) is 4.28. The van der Waals surface area contributed by atoms with Crippen LogP contribution < -0.4 is 35.9 Å². The van der Waals surface area contributed by atoms with Gasteiger partial charge in [0.05, 0.1) is 22.2 Å². The van der Waals surface area contributed by atoms with Crippen LogP contribution in [0.2, 0.25) is 0 Å². The van der Waals surface area contributed by atoms with Crippen molar-refractivity contribution < 1.29 is 47.4 Å². The van der Waals surface area contributed by atoms with E-state index in [0.29, 0.717) is 93.4 Å². The molecule has 0 bridgehead atoms. The summed E-state index contributed by atoms with van der Waals surface area (Å²) < 4.78 is 34.2. The zero-order valence-electron chi connectivity index (χ0n) is 41.7. The van der Waals surface area contributed by atoms with Crippen LogP contribution in [-0.2, 0) is 35.5 Å². The summed E-state index contributed by atoms with van der Waals surface area (Å²) >= 11 is 3.24. The van der Waals surface area contributed by atoms with Gasteiger partial charge in [-0.15, -0.1) is 0 Å². The van der Waals surface area contributed by atoms with E-state index in [2.05, 4.69) is 35.9 Å². The Labute approximate surface area is 444 Å². The lowest BCUT2D eigenvalue weighted by Gasteiger charge is -2.32. The lowest BCUT2D eigenvalue weighted by atomic mass is 9.78. The molecule has 7 heterocycles. The van der Waals surface area contributed by atoms with Gasteiger partial charge in [0.15, 0.2) is 35.6 Å². The molecule has 1 saturated heterocycles. The number of hydrogen-bond donors (Lipinski definition) is 2. The molecule has 0 radical (unpaired) electrons. The van der Waals surface area contributed by atoms with Crippen LogP contribution >= 0.6 is 15.9 Å². The molecule has 20 heteroatoms. The van der Waals surface area contributed by atoms with Gasteiger partial charge < -0.3 is 49.5 Å². The van der Waals surface area contributed by atoms with Crippen molar-refractivity contribution in [3.8, 4) is 34.1 Å². The highest BCUT2D eigenvalue weighted by Gasteiger charge is 2.52. The Balaban J connectivity index is 0.000000134. The molecular weight excluding hydrogens is 1040 g/mol. The van der Waals surface area contributed by atoms with Crippen LogP contribution in [0.5, 0.6) is 23.0 Å². The van der Waals surface area contributed by atoms with Crippen molar-refractivity contribution in [1.29, 1.82) is 0 Å². The maximum absolute atomic E-state index is 13.5. The topological polar surface area (TPSA) is 234 Å². The van der Waals surface area contributed by atoms with Gasteiger partial charge in [-0.2, -0.15) is 0 Å². The number of aromatic nitrogens is 4. The molecule has 2 aromatic heterocycles. The minimum absolute atomic E-state index is 0.0342. The first kappa shape index (κ1) is 49.7. The lowest BCUT2D eigenvalue weighted by molar-refractivity contribution is 0.00578. The second kappa shape index (κ2) is 19.7. The molecule has 0 saturated carbocycles. The fraction of sp³-hybridized carbons (Fsp3) is 0.214. The van der Waals surface area contributed by atoms with Gasteiger partial charge in [-0.05, 0) is 125 Å². The average molecular weight is 1080 g/mol. The van der Waals surface area contributed by atoms with E-state index in [1.54, 1.807) is 40.1 Å². The number of nitrogens with zero attached hydrogens (tertiary/aromatic N) is 6. The monoisotopic (exact) mass is 1080 g/mol. The number of carbonyl (C=O) groups excluding carboxylic acids is 4. The number of nitrogens with two attached hydrogens (primary N) is 2. The highest BCUT2D eigenvalue weighted by molar-refractivity contribution is 9.10. The van der Waals surface area contributed by atoms with Crippen molar-refractivity contribution in [2.24, 2.45) is 0 Å². The van der Waals surface area contributed by atoms with Gasteiger partial charge in [-0.25, -0.2) is 19.9 Å². The van der Waals surface area contributed by atoms with Gasteiger partial charge in [-0.1, -0.05) is 66.7 Å². The van der Waals surface area contributed by atoms with E-state index in [1.165, 1.54) is 0 Å². The summed E-state index contributed by atoms with van der Waals surface area (Å²) in [5, 5.41) is 1.21. The zero-order chi connectivity index (χ0) is 53.0. The van der Waals surface area contributed by atoms with Crippen molar-refractivity contribution in [3.63, 3.8) is 0 Å². The molecule has 0 aliphatic carbocycles. The quantitative estimate of drug-likeness (QED) is 0.118. The minimum atomic E-state index is -0.536. The number of halogens is 1. The first-order valence-corrected chi connectivity index (χ1v) is 25.0. The summed E-state index contributed by atoms with van der Waals surface area (Å²) in [7, 11) is -0.536. The molecule has 1 fully saturated rings.